The summed E-state index contributed by atoms with van der Waals surface area (Å²) in [7, 11) is 1.67. The topological polar surface area (TPSA) is 47.3 Å². The van der Waals surface area contributed by atoms with Crippen LogP contribution in [0.15, 0.2) is 42.5 Å². The lowest BCUT2D eigenvalue weighted by molar-refractivity contribution is 0.404. The Bertz CT molecular complexity index is 601. The van der Waals surface area contributed by atoms with E-state index in [1.54, 1.807) is 7.11 Å². The predicted octanol–water partition coefficient (Wildman–Crippen LogP) is 3.27. The Hall–Kier alpha value is -1.55. The van der Waals surface area contributed by atoms with Gasteiger partial charge in [0.1, 0.15) is 5.75 Å². The molecule has 0 fully saturated rings. The average Bonchev–Trinajstić information content (AvgIpc) is 2.49. The zero-order valence-electron chi connectivity index (χ0n) is 12.4. The van der Waals surface area contributed by atoms with Crippen LogP contribution in [0.5, 0.6) is 5.75 Å². The van der Waals surface area contributed by atoms with E-state index in [2.05, 4.69) is 30.5 Å². The lowest BCUT2D eigenvalue weighted by atomic mass is 9.96. The van der Waals surface area contributed by atoms with Crippen LogP contribution >= 0.6 is 11.6 Å². The minimum atomic E-state index is 0.124. The first-order valence-corrected chi connectivity index (χ1v) is 7.35. The van der Waals surface area contributed by atoms with Crippen LogP contribution in [0.2, 0.25) is 5.02 Å². The summed E-state index contributed by atoms with van der Waals surface area (Å²) in [6.07, 6.45) is 1.62. The van der Waals surface area contributed by atoms with Gasteiger partial charge in [-0.05, 0) is 54.7 Å². The molecule has 0 aliphatic carbocycles. The minimum absolute atomic E-state index is 0.124. The minimum Gasteiger partial charge on any atom is -0.496 e. The van der Waals surface area contributed by atoms with Gasteiger partial charge in [0, 0.05) is 11.1 Å². The molecule has 0 heterocycles. The number of ether oxygens (including phenoxy) is 1. The predicted molar refractivity (Wildman–Crippen MR) is 87.7 cm³/mol. The molecular weight excluding hydrogens is 284 g/mol. The van der Waals surface area contributed by atoms with Crippen LogP contribution in [-0.4, -0.2) is 13.2 Å². The van der Waals surface area contributed by atoms with Crippen molar-refractivity contribution in [1.29, 1.82) is 0 Å². The second kappa shape index (κ2) is 7.46. The van der Waals surface area contributed by atoms with E-state index >= 15 is 0 Å². The zero-order chi connectivity index (χ0) is 15.2. The SMILES string of the molecule is COc1ccc(Cl)cc1CC(Cc1ccccc1C)NN. The van der Waals surface area contributed by atoms with Crippen molar-refractivity contribution < 1.29 is 4.74 Å². The van der Waals surface area contributed by atoms with Crippen LogP contribution in [0.3, 0.4) is 0 Å². The first-order valence-electron chi connectivity index (χ1n) is 6.97. The van der Waals surface area contributed by atoms with Crippen LogP contribution in [0, 0.1) is 6.92 Å². The monoisotopic (exact) mass is 304 g/mol. The van der Waals surface area contributed by atoms with Crippen molar-refractivity contribution in [2.24, 2.45) is 5.84 Å². The highest BCUT2D eigenvalue weighted by molar-refractivity contribution is 6.30. The van der Waals surface area contributed by atoms with Gasteiger partial charge in [0.2, 0.25) is 0 Å². The summed E-state index contributed by atoms with van der Waals surface area (Å²) >= 11 is 6.08. The van der Waals surface area contributed by atoms with Gasteiger partial charge >= 0.3 is 0 Å². The quantitative estimate of drug-likeness (QED) is 0.636. The van der Waals surface area contributed by atoms with E-state index in [1.807, 2.05) is 24.3 Å². The third kappa shape index (κ3) is 4.21. The Morgan fingerprint density at radius 3 is 2.52 bits per heavy atom. The summed E-state index contributed by atoms with van der Waals surface area (Å²) in [5.74, 6) is 6.56. The summed E-state index contributed by atoms with van der Waals surface area (Å²) < 4.78 is 5.39. The molecule has 0 spiro atoms. The van der Waals surface area contributed by atoms with Crippen molar-refractivity contribution in [3.63, 3.8) is 0 Å². The Kier molecular flexibility index (Phi) is 5.62. The number of hydrogen-bond acceptors (Lipinski definition) is 3. The van der Waals surface area contributed by atoms with Gasteiger partial charge in [0.25, 0.3) is 0 Å². The molecule has 2 aromatic carbocycles. The summed E-state index contributed by atoms with van der Waals surface area (Å²) in [5, 5.41) is 0.706. The molecule has 0 saturated heterocycles. The number of benzene rings is 2. The molecule has 2 aromatic rings. The number of methoxy groups -OCH3 is 1. The van der Waals surface area contributed by atoms with Gasteiger partial charge in [-0.25, -0.2) is 0 Å². The molecule has 3 N–H and O–H groups in total. The Morgan fingerprint density at radius 2 is 1.86 bits per heavy atom. The Balaban J connectivity index is 2.16. The van der Waals surface area contributed by atoms with Gasteiger partial charge in [-0.1, -0.05) is 35.9 Å². The van der Waals surface area contributed by atoms with Gasteiger partial charge in [-0.15, -0.1) is 0 Å². The third-order valence-corrected chi connectivity index (χ3v) is 3.91. The van der Waals surface area contributed by atoms with Crippen LogP contribution in [0.4, 0.5) is 0 Å². The molecule has 0 radical (unpaired) electrons. The number of nitrogens with two attached hydrogens (primary N) is 1. The molecule has 0 amide bonds. The fraction of sp³-hybridized carbons (Fsp3) is 0.294. The number of hydrazine groups is 1. The summed E-state index contributed by atoms with van der Waals surface area (Å²) in [6, 6.07) is 14.1. The Labute approximate surface area is 131 Å². The second-order valence-corrected chi connectivity index (χ2v) is 5.59. The third-order valence-electron chi connectivity index (χ3n) is 3.67. The van der Waals surface area contributed by atoms with E-state index in [0.717, 1.165) is 24.2 Å². The molecule has 0 aliphatic rings. The molecule has 0 saturated carbocycles. The highest BCUT2D eigenvalue weighted by Gasteiger charge is 2.13. The van der Waals surface area contributed by atoms with E-state index in [9.17, 15) is 0 Å². The van der Waals surface area contributed by atoms with E-state index in [-0.39, 0.29) is 6.04 Å². The van der Waals surface area contributed by atoms with Crippen LogP contribution in [-0.2, 0) is 12.8 Å². The smallest absolute Gasteiger partial charge is 0.122 e. The largest absolute Gasteiger partial charge is 0.496 e. The number of rotatable bonds is 6. The van der Waals surface area contributed by atoms with Crippen molar-refractivity contribution in [1.82, 2.24) is 5.43 Å². The number of hydrogen-bond donors (Lipinski definition) is 2. The van der Waals surface area contributed by atoms with Crippen LogP contribution in [0.25, 0.3) is 0 Å². The number of aryl methyl sites for hydroxylation is 1. The van der Waals surface area contributed by atoms with Crippen molar-refractivity contribution in [3.8, 4) is 5.75 Å². The maximum atomic E-state index is 6.08. The van der Waals surface area contributed by atoms with Gasteiger partial charge in [0.05, 0.1) is 7.11 Å². The van der Waals surface area contributed by atoms with Crippen molar-refractivity contribution >= 4 is 11.6 Å². The van der Waals surface area contributed by atoms with Gasteiger partial charge in [-0.2, -0.15) is 0 Å². The zero-order valence-corrected chi connectivity index (χ0v) is 13.2. The first kappa shape index (κ1) is 15.8. The second-order valence-electron chi connectivity index (χ2n) is 5.15. The molecule has 2 rings (SSSR count). The first-order chi connectivity index (χ1) is 10.1. The normalized spacial score (nSPS) is 12.2. The van der Waals surface area contributed by atoms with Crippen molar-refractivity contribution in [2.45, 2.75) is 25.8 Å². The van der Waals surface area contributed by atoms with Gasteiger partial charge < -0.3 is 4.74 Å². The van der Waals surface area contributed by atoms with E-state index in [0.29, 0.717) is 5.02 Å². The molecule has 3 nitrogen and oxygen atoms in total. The van der Waals surface area contributed by atoms with Gasteiger partial charge in [0.15, 0.2) is 0 Å². The molecule has 0 bridgehead atoms. The lowest BCUT2D eigenvalue weighted by Gasteiger charge is -2.19. The van der Waals surface area contributed by atoms with Crippen molar-refractivity contribution in [3.05, 3.63) is 64.2 Å². The van der Waals surface area contributed by atoms with E-state index in [1.165, 1.54) is 11.1 Å². The lowest BCUT2D eigenvalue weighted by Crippen LogP contribution is -2.38. The highest BCUT2D eigenvalue weighted by atomic mass is 35.5. The fourth-order valence-corrected chi connectivity index (χ4v) is 2.66. The maximum Gasteiger partial charge on any atom is 0.122 e. The summed E-state index contributed by atoms with van der Waals surface area (Å²) in [6.45, 7) is 2.11. The molecule has 0 aromatic heterocycles. The molecule has 112 valence electrons. The molecule has 4 heteroatoms. The van der Waals surface area contributed by atoms with Crippen molar-refractivity contribution in [2.75, 3.05) is 7.11 Å². The fourth-order valence-electron chi connectivity index (χ4n) is 2.47. The van der Waals surface area contributed by atoms with Crippen LogP contribution in [0.1, 0.15) is 16.7 Å². The summed E-state index contributed by atoms with van der Waals surface area (Å²) in [4.78, 5) is 0. The highest BCUT2D eigenvalue weighted by Crippen LogP contribution is 2.24. The van der Waals surface area contributed by atoms with E-state index < -0.39 is 0 Å². The average molecular weight is 305 g/mol. The molecule has 1 unspecified atom stereocenters. The molecular formula is C17H21ClN2O. The summed E-state index contributed by atoms with van der Waals surface area (Å²) in [5.41, 5.74) is 6.52. The maximum absolute atomic E-state index is 6.08. The molecule has 1 atom stereocenters. The van der Waals surface area contributed by atoms with Gasteiger partial charge in [-0.3, -0.25) is 11.3 Å². The van der Waals surface area contributed by atoms with Crippen LogP contribution < -0.4 is 16.0 Å². The Morgan fingerprint density at radius 1 is 1.14 bits per heavy atom. The number of nitrogens with one attached hydrogen (secondary N) is 1. The molecule has 0 aliphatic heterocycles. The standard InChI is InChI=1S/C17H21ClN2O/c1-12-5-3-4-6-13(12)10-16(20-19)11-14-9-15(18)7-8-17(14)21-2/h3-9,16,20H,10-11,19H2,1-2H3. The molecule has 21 heavy (non-hydrogen) atoms. The number of halogens is 1. The van der Waals surface area contributed by atoms with E-state index in [4.69, 9.17) is 22.2 Å².